The Bertz CT molecular complexity index is 1310. The average Bonchev–Trinajstić information content (AvgIpc) is 3.20. The zero-order chi connectivity index (χ0) is 22.7. The van der Waals surface area contributed by atoms with Crippen molar-refractivity contribution in [2.75, 3.05) is 0 Å². The van der Waals surface area contributed by atoms with E-state index in [4.69, 9.17) is 5.73 Å². The first-order valence-corrected chi connectivity index (χ1v) is 10.0. The molecule has 0 bridgehead atoms. The van der Waals surface area contributed by atoms with Crippen LogP contribution in [0.4, 0.5) is 0 Å². The summed E-state index contributed by atoms with van der Waals surface area (Å²) in [7, 11) is 0. The molecule has 32 heavy (non-hydrogen) atoms. The van der Waals surface area contributed by atoms with Gasteiger partial charge >= 0.3 is 0 Å². The SMILES string of the molecule is Cc1cc(C(=O)N[C@@H](Cc2ccccc2)C(=O)C(N)=O)n(-c2ccc3ccccc3n2)n1. The van der Waals surface area contributed by atoms with Crippen LogP contribution in [-0.2, 0) is 16.0 Å². The Morgan fingerprint density at radius 1 is 1.00 bits per heavy atom. The lowest BCUT2D eigenvalue weighted by molar-refractivity contribution is -0.137. The van der Waals surface area contributed by atoms with Crippen molar-refractivity contribution >= 4 is 28.5 Å². The van der Waals surface area contributed by atoms with E-state index in [1.165, 1.54) is 4.68 Å². The summed E-state index contributed by atoms with van der Waals surface area (Å²) in [5.74, 6) is -2.07. The maximum Gasteiger partial charge on any atom is 0.287 e. The molecule has 4 aromatic rings. The summed E-state index contributed by atoms with van der Waals surface area (Å²) in [6, 6.07) is 20.8. The van der Waals surface area contributed by atoms with E-state index in [9.17, 15) is 14.4 Å². The average molecular weight is 427 g/mol. The number of nitrogens with one attached hydrogen (secondary N) is 1. The first-order chi connectivity index (χ1) is 15.4. The predicted molar refractivity (Wildman–Crippen MR) is 119 cm³/mol. The minimum Gasteiger partial charge on any atom is -0.363 e. The Balaban J connectivity index is 1.65. The fourth-order valence-electron chi connectivity index (χ4n) is 3.47. The summed E-state index contributed by atoms with van der Waals surface area (Å²) in [6.07, 6.45) is 0.135. The molecular weight excluding hydrogens is 406 g/mol. The molecule has 0 radical (unpaired) electrons. The van der Waals surface area contributed by atoms with Crippen molar-refractivity contribution < 1.29 is 14.4 Å². The number of rotatable bonds is 7. The van der Waals surface area contributed by atoms with Crippen LogP contribution in [0.3, 0.4) is 0 Å². The molecule has 160 valence electrons. The number of fused-ring (bicyclic) bond motifs is 1. The maximum absolute atomic E-state index is 13.1. The van der Waals surface area contributed by atoms with Gasteiger partial charge in [-0.05, 0) is 36.8 Å². The number of pyridine rings is 1. The topological polar surface area (TPSA) is 120 Å². The Morgan fingerprint density at radius 2 is 1.72 bits per heavy atom. The minimum atomic E-state index is -1.10. The molecule has 0 saturated heterocycles. The van der Waals surface area contributed by atoms with Gasteiger partial charge in [0.15, 0.2) is 5.82 Å². The number of carbonyl (C=O) groups excluding carboxylic acids is 3. The van der Waals surface area contributed by atoms with Gasteiger partial charge < -0.3 is 11.1 Å². The molecule has 0 unspecified atom stereocenters. The number of Topliss-reactive ketones (excluding diaryl/α,β-unsaturated/α-hetero) is 1. The third-order valence-corrected chi connectivity index (χ3v) is 5.01. The van der Waals surface area contributed by atoms with Crippen molar-refractivity contribution in [2.24, 2.45) is 5.73 Å². The van der Waals surface area contributed by atoms with Crippen LogP contribution in [0.5, 0.6) is 0 Å². The number of hydrogen-bond donors (Lipinski definition) is 2. The molecule has 2 aromatic heterocycles. The highest BCUT2D eigenvalue weighted by Crippen LogP contribution is 2.17. The monoisotopic (exact) mass is 427 g/mol. The normalized spacial score (nSPS) is 11.8. The zero-order valence-corrected chi connectivity index (χ0v) is 17.4. The van der Waals surface area contributed by atoms with Gasteiger partial charge in [0, 0.05) is 11.8 Å². The third kappa shape index (κ3) is 4.39. The highest BCUT2D eigenvalue weighted by Gasteiger charge is 2.27. The van der Waals surface area contributed by atoms with Crippen molar-refractivity contribution in [1.82, 2.24) is 20.1 Å². The van der Waals surface area contributed by atoms with Crippen molar-refractivity contribution in [1.29, 1.82) is 0 Å². The summed E-state index contributed by atoms with van der Waals surface area (Å²) < 4.78 is 1.42. The fourth-order valence-corrected chi connectivity index (χ4v) is 3.47. The Hall–Kier alpha value is -4.33. The van der Waals surface area contributed by atoms with E-state index in [-0.39, 0.29) is 12.1 Å². The summed E-state index contributed by atoms with van der Waals surface area (Å²) in [4.78, 5) is 41.7. The van der Waals surface area contributed by atoms with E-state index in [0.717, 1.165) is 16.5 Å². The van der Waals surface area contributed by atoms with Crippen LogP contribution in [-0.4, -0.2) is 38.4 Å². The van der Waals surface area contributed by atoms with E-state index in [2.05, 4.69) is 15.4 Å². The smallest absolute Gasteiger partial charge is 0.287 e. The van der Waals surface area contributed by atoms with Crippen molar-refractivity contribution in [3.63, 3.8) is 0 Å². The highest BCUT2D eigenvalue weighted by molar-refractivity contribution is 6.38. The zero-order valence-electron chi connectivity index (χ0n) is 17.4. The summed E-state index contributed by atoms with van der Waals surface area (Å²) in [5.41, 5.74) is 7.56. The van der Waals surface area contributed by atoms with Gasteiger partial charge in [-0.25, -0.2) is 9.67 Å². The number of primary amides is 1. The van der Waals surface area contributed by atoms with Gasteiger partial charge in [0.1, 0.15) is 11.7 Å². The lowest BCUT2D eigenvalue weighted by atomic mass is 10.0. The van der Waals surface area contributed by atoms with Gasteiger partial charge in [-0.2, -0.15) is 5.10 Å². The minimum absolute atomic E-state index is 0.135. The summed E-state index contributed by atoms with van der Waals surface area (Å²) >= 11 is 0. The number of ketones is 1. The predicted octanol–water partition coefficient (Wildman–Crippen LogP) is 2.12. The number of aryl methyl sites for hydroxylation is 1. The molecule has 0 saturated carbocycles. The van der Waals surface area contributed by atoms with Crippen LogP contribution in [0.15, 0.2) is 72.8 Å². The van der Waals surface area contributed by atoms with Crippen molar-refractivity contribution in [3.05, 3.63) is 89.7 Å². The number of amides is 2. The Morgan fingerprint density at radius 3 is 2.47 bits per heavy atom. The number of hydrogen-bond acceptors (Lipinski definition) is 5. The van der Waals surface area contributed by atoms with Gasteiger partial charge in [-0.15, -0.1) is 0 Å². The summed E-state index contributed by atoms with van der Waals surface area (Å²) in [6.45, 7) is 1.75. The molecule has 1 atom stereocenters. The molecule has 8 heteroatoms. The molecular formula is C24H21N5O3. The number of benzene rings is 2. The van der Waals surface area contributed by atoms with Crippen LogP contribution >= 0.6 is 0 Å². The quantitative estimate of drug-likeness (QED) is 0.438. The van der Waals surface area contributed by atoms with E-state index in [1.807, 2.05) is 48.5 Å². The Kier molecular flexibility index (Phi) is 5.76. The first-order valence-electron chi connectivity index (χ1n) is 10.0. The number of nitrogens with zero attached hydrogens (tertiary/aromatic N) is 3. The molecule has 3 N–H and O–H groups in total. The third-order valence-electron chi connectivity index (χ3n) is 5.01. The number of nitrogens with two attached hydrogens (primary N) is 1. The lowest BCUT2D eigenvalue weighted by Gasteiger charge is -2.17. The van der Waals surface area contributed by atoms with E-state index in [1.54, 1.807) is 31.2 Å². The molecule has 2 heterocycles. The van der Waals surface area contributed by atoms with Crippen LogP contribution in [0.2, 0.25) is 0 Å². The standard InChI is InChI=1S/C24H21N5O3/c1-15-13-20(29(28-15)21-12-11-17-9-5-6-10-18(17)26-21)24(32)27-19(22(30)23(25)31)14-16-7-3-2-4-8-16/h2-13,19H,14H2,1H3,(H2,25,31)(H,27,32)/t19-/m0/s1. The van der Waals surface area contributed by atoms with E-state index in [0.29, 0.717) is 11.5 Å². The molecule has 2 amide bonds. The molecule has 2 aromatic carbocycles. The second kappa shape index (κ2) is 8.81. The second-order valence-electron chi connectivity index (χ2n) is 7.39. The molecule has 0 aliphatic carbocycles. The van der Waals surface area contributed by atoms with Crippen molar-refractivity contribution in [3.8, 4) is 5.82 Å². The van der Waals surface area contributed by atoms with Crippen LogP contribution in [0.25, 0.3) is 16.7 Å². The molecule has 4 rings (SSSR count). The van der Waals surface area contributed by atoms with Crippen molar-refractivity contribution in [2.45, 2.75) is 19.4 Å². The molecule has 0 spiro atoms. The molecule has 0 aliphatic rings. The maximum atomic E-state index is 13.1. The summed E-state index contributed by atoms with van der Waals surface area (Å²) in [5, 5.41) is 8.00. The largest absolute Gasteiger partial charge is 0.363 e. The molecule has 8 nitrogen and oxygen atoms in total. The van der Waals surface area contributed by atoms with E-state index >= 15 is 0 Å². The van der Waals surface area contributed by atoms with Crippen LogP contribution in [0, 0.1) is 6.92 Å². The Labute approximate surface area is 184 Å². The van der Waals surface area contributed by atoms with Gasteiger partial charge in [-0.3, -0.25) is 14.4 Å². The second-order valence-corrected chi connectivity index (χ2v) is 7.39. The van der Waals surface area contributed by atoms with Gasteiger partial charge in [-0.1, -0.05) is 48.5 Å². The molecule has 0 aliphatic heterocycles. The first kappa shape index (κ1) is 20.9. The van der Waals surface area contributed by atoms with E-state index < -0.39 is 23.6 Å². The highest BCUT2D eigenvalue weighted by atomic mass is 16.2. The van der Waals surface area contributed by atoms with Gasteiger partial charge in [0.2, 0.25) is 5.78 Å². The fraction of sp³-hybridized carbons (Fsp3) is 0.125. The van der Waals surface area contributed by atoms with Gasteiger partial charge in [0.05, 0.1) is 11.2 Å². The number of aromatic nitrogens is 3. The number of carbonyl (C=O) groups is 3. The molecule has 0 fully saturated rings. The lowest BCUT2D eigenvalue weighted by Crippen LogP contribution is -2.47. The van der Waals surface area contributed by atoms with Crippen LogP contribution in [0.1, 0.15) is 21.7 Å². The van der Waals surface area contributed by atoms with Crippen LogP contribution < -0.4 is 11.1 Å². The number of para-hydroxylation sites is 1. The van der Waals surface area contributed by atoms with Gasteiger partial charge in [0.25, 0.3) is 11.8 Å².